The maximum Gasteiger partial charge on any atom is 0.358 e. The van der Waals surface area contributed by atoms with Gasteiger partial charge in [-0.2, -0.15) is 0 Å². The van der Waals surface area contributed by atoms with Crippen molar-refractivity contribution < 1.29 is 19.1 Å². The molecule has 4 aromatic carbocycles. The van der Waals surface area contributed by atoms with E-state index in [0.717, 1.165) is 26.9 Å². The fraction of sp³-hybridized carbons (Fsp3) is 0.179. The molecule has 1 amide bonds. The largest absolute Gasteiger partial charge is 0.457 e. The second-order valence-corrected chi connectivity index (χ2v) is 14.2. The van der Waals surface area contributed by atoms with Crippen LogP contribution < -0.4 is 15.0 Å². The van der Waals surface area contributed by atoms with E-state index in [9.17, 15) is 9.59 Å². The molecule has 0 aliphatic carbocycles. The van der Waals surface area contributed by atoms with Crippen LogP contribution in [0.3, 0.4) is 0 Å². The summed E-state index contributed by atoms with van der Waals surface area (Å²) in [5.41, 5.74) is 4.31. The van der Waals surface area contributed by atoms with Crippen LogP contribution in [0.15, 0.2) is 103 Å². The van der Waals surface area contributed by atoms with Gasteiger partial charge in [0.15, 0.2) is 10.8 Å². The Morgan fingerprint density at radius 1 is 0.878 bits per heavy atom. The highest BCUT2D eigenvalue weighted by Crippen LogP contribution is 2.34. The maximum absolute atomic E-state index is 13.7. The van der Waals surface area contributed by atoms with Crippen LogP contribution in [0.4, 0.5) is 10.9 Å². The van der Waals surface area contributed by atoms with Crippen LogP contribution in [0.2, 0.25) is 5.02 Å². The highest BCUT2D eigenvalue weighted by Gasteiger charge is 2.27. The Hall–Kier alpha value is -5.25. The molecule has 0 fully saturated rings. The molecule has 1 aliphatic rings. The number of carbonyl (C=O) groups excluding carboxylic acids is 2. The molecule has 0 radical (unpaired) electrons. The zero-order valence-electron chi connectivity index (χ0n) is 27.2. The number of anilines is 2. The minimum absolute atomic E-state index is 0.198. The Kier molecular flexibility index (Phi) is 8.79. The second kappa shape index (κ2) is 13.3. The normalized spacial score (nSPS) is 12.8. The molecule has 7 rings (SSSR count). The van der Waals surface area contributed by atoms with Crippen LogP contribution in [0.1, 0.15) is 52.7 Å². The number of amides is 1. The van der Waals surface area contributed by atoms with Crippen LogP contribution in [0.25, 0.3) is 21.3 Å². The smallest absolute Gasteiger partial charge is 0.358 e. The Morgan fingerprint density at radius 3 is 2.47 bits per heavy atom. The lowest BCUT2D eigenvalue weighted by Crippen LogP contribution is -2.33. The average molecular weight is 689 g/mol. The molecule has 246 valence electrons. The molecule has 49 heavy (non-hydrogen) atoms. The first-order valence-corrected chi connectivity index (χ1v) is 17.1. The molecule has 2 aromatic heterocycles. The number of fused-ring (bicyclic) bond motifs is 2. The SMILES string of the molecule is CC(C)(C)OC(=O)c1nc(N2CCc3cccc(C(=O)Nc4nc5ccccc5s4)c3C2)ccc1-c1cccc(Oc2ccc(Cl)cc2)c1. The van der Waals surface area contributed by atoms with E-state index in [4.69, 9.17) is 26.1 Å². The van der Waals surface area contributed by atoms with Crippen molar-refractivity contribution in [3.05, 3.63) is 131 Å². The van der Waals surface area contributed by atoms with Crippen LogP contribution in [0, 0.1) is 0 Å². The van der Waals surface area contributed by atoms with Gasteiger partial charge in [-0.15, -0.1) is 0 Å². The molecule has 0 saturated carbocycles. The van der Waals surface area contributed by atoms with Gasteiger partial charge in [0, 0.05) is 29.2 Å². The lowest BCUT2D eigenvalue weighted by Gasteiger charge is -2.31. The molecule has 0 saturated heterocycles. The Balaban J connectivity index is 1.18. The van der Waals surface area contributed by atoms with Gasteiger partial charge in [0.05, 0.1) is 10.2 Å². The molecule has 0 atom stereocenters. The molecule has 1 N–H and O–H groups in total. The Labute approximate surface area is 293 Å². The number of benzene rings is 4. The number of ether oxygens (including phenoxy) is 2. The minimum Gasteiger partial charge on any atom is -0.457 e. The highest BCUT2D eigenvalue weighted by atomic mass is 35.5. The summed E-state index contributed by atoms with van der Waals surface area (Å²) >= 11 is 7.49. The summed E-state index contributed by atoms with van der Waals surface area (Å²) in [6.07, 6.45) is 0.715. The monoisotopic (exact) mass is 688 g/mol. The van der Waals surface area contributed by atoms with Crippen molar-refractivity contribution >= 4 is 56.0 Å². The summed E-state index contributed by atoms with van der Waals surface area (Å²) in [6, 6.07) is 32.0. The highest BCUT2D eigenvalue weighted by molar-refractivity contribution is 7.22. The van der Waals surface area contributed by atoms with Gasteiger partial charge < -0.3 is 14.4 Å². The minimum atomic E-state index is -0.721. The molecule has 3 heterocycles. The fourth-order valence-electron chi connectivity index (χ4n) is 5.79. The molecule has 0 spiro atoms. The van der Waals surface area contributed by atoms with Crippen molar-refractivity contribution in [3.8, 4) is 22.6 Å². The van der Waals surface area contributed by atoms with Crippen molar-refractivity contribution in [3.63, 3.8) is 0 Å². The molecule has 1 aliphatic heterocycles. The third kappa shape index (κ3) is 7.28. The summed E-state index contributed by atoms with van der Waals surface area (Å²) in [4.78, 5) is 38.8. The molecule has 0 unspecified atom stereocenters. The molecule has 6 aromatic rings. The summed E-state index contributed by atoms with van der Waals surface area (Å²) in [5, 5.41) is 4.18. The number of aromatic nitrogens is 2. The van der Waals surface area contributed by atoms with E-state index in [1.807, 2.05) is 93.6 Å². The van der Waals surface area contributed by atoms with E-state index in [1.165, 1.54) is 11.3 Å². The van der Waals surface area contributed by atoms with E-state index in [1.54, 1.807) is 24.3 Å². The summed E-state index contributed by atoms with van der Waals surface area (Å²) in [5.74, 6) is 1.12. The van der Waals surface area contributed by atoms with Gasteiger partial charge >= 0.3 is 5.97 Å². The van der Waals surface area contributed by atoms with E-state index < -0.39 is 11.6 Å². The lowest BCUT2D eigenvalue weighted by atomic mass is 9.94. The van der Waals surface area contributed by atoms with Crippen molar-refractivity contribution in [2.45, 2.75) is 39.3 Å². The van der Waals surface area contributed by atoms with Gasteiger partial charge in [-0.25, -0.2) is 14.8 Å². The average Bonchev–Trinajstić information content (AvgIpc) is 3.50. The predicted octanol–water partition coefficient (Wildman–Crippen LogP) is 9.57. The molecular weight excluding hydrogens is 656 g/mol. The topological polar surface area (TPSA) is 93.7 Å². The number of rotatable bonds is 7. The fourth-order valence-corrected chi connectivity index (χ4v) is 6.77. The number of hydrogen-bond donors (Lipinski definition) is 1. The van der Waals surface area contributed by atoms with Crippen LogP contribution in [-0.4, -0.2) is 34.0 Å². The Bertz CT molecular complexity index is 2160. The van der Waals surface area contributed by atoms with Crippen LogP contribution in [0.5, 0.6) is 11.5 Å². The maximum atomic E-state index is 13.7. The molecule has 0 bridgehead atoms. The number of hydrogen-bond acceptors (Lipinski definition) is 8. The van der Waals surface area contributed by atoms with Gasteiger partial charge in [0.2, 0.25) is 0 Å². The number of halogens is 1. The number of nitrogens with zero attached hydrogens (tertiary/aromatic N) is 3. The predicted molar refractivity (Wildman–Crippen MR) is 195 cm³/mol. The summed E-state index contributed by atoms with van der Waals surface area (Å²) < 4.78 is 12.9. The zero-order chi connectivity index (χ0) is 34.1. The molecule has 8 nitrogen and oxygen atoms in total. The lowest BCUT2D eigenvalue weighted by molar-refractivity contribution is 0.00638. The van der Waals surface area contributed by atoms with E-state index >= 15 is 0 Å². The van der Waals surface area contributed by atoms with E-state index in [2.05, 4.69) is 21.3 Å². The number of carbonyl (C=O) groups is 2. The van der Waals surface area contributed by atoms with Crippen molar-refractivity contribution in [2.75, 3.05) is 16.8 Å². The van der Waals surface area contributed by atoms with Crippen LogP contribution in [-0.2, 0) is 17.7 Å². The second-order valence-electron chi connectivity index (χ2n) is 12.7. The number of thiazole rings is 1. The zero-order valence-corrected chi connectivity index (χ0v) is 28.8. The van der Waals surface area contributed by atoms with E-state index in [-0.39, 0.29) is 11.6 Å². The summed E-state index contributed by atoms with van der Waals surface area (Å²) in [6.45, 7) is 6.61. The van der Waals surface area contributed by atoms with Crippen molar-refractivity contribution in [1.82, 2.24) is 9.97 Å². The first-order valence-electron chi connectivity index (χ1n) is 15.9. The molecular formula is C39H33ClN4O4S. The first kappa shape index (κ1) is 32.3. The van der Waals surface area contributed by atoms with Crippen molar-refractivity contribution in [2.24, 2.45) is 0 Å². The van der Waals surface area contributed by atoms with Gasteiger partial charge in [-0.05, 0) is 111 Å². The standard InChI is InChI=1S/C39H33ClN4O4S/c1-39(2,3)48-37(46)35-29(25-9-6-10-28(22-25)47-27-16-14-26(40)15-17-27)18-19-34(42-35)44-21-20-24-8-7-11-30(31(24)23-44)36(45)43-38-41-32-12-4-5-13-33(32)49-38/h4-19,22H,20-21,23H2,1-3H3,(H,41,43,45). The number of nitrogens with one attached hydrogen (secondary N) is 1. The first-order chi connectivity index (χ1) is 23.6. The number of esters is 1. The van der Waals surface area contributed by atoms with Gasteiger partial charge in [-0.3, -0.25) is 10.1 Å². The van der Waals surface area contributed by atoms with E-state index in [0.29, 0.717) is 58.1 Å². The number of para-hydroxylation sites is 1. The molecule has 10 heteroatoms. The van der Waals surface area contributed by atoms with Gasteiger partial charge in [0.25, 0.3) is 5.91 Å². The van der Waals surface area contributed by atoms with Gasteiger partial charge in [0.1, 0.15) is 22.9 Å². The van der Waals surface area contributed by atoms with Gasteiger partial charge in [-0.1, -0.05) is 59.3 Å². The number of pyridine rings is 1. The quantitative estimate of drug-likeness (QED) is 0.167. The van der Waals surface area contributed by atoms with Crippen LogP contribution >= 0.6 is 22.9 Å². The van der Waals surface area contributed by atoms with Crippen molar-refractivity contribution in [1.29, 1.82) is 0 Å². The third-order valence-electron chi connectivity index (χ3n) is 8.02. The summed E-state index contributed by atoms with van der Waals surface area (Å²) in [7, 11) is 0. The Morgan fingerprint density at radius 2 is 1.67 bits per heavy atom. The third-order valence-corrected chi connectivity index (χ3v) is 9.23.